The fourth-order valence-corrected chi connectivity index (χ4v) is 4.21. The molecule has 2 heterocycles. The van der Waals surface area contributed by atoms with Crippen molar-refractivity contribution in [2.45, 2.75) is 24.5 Å². The molecule has 1 unspecified atom stereocenters. The third-order valence-corrected chi connectivity index (χ3v) is 5.49. The van der Waals surface area contributed by atoms with Gasteiger partial charge in [-0.1, -0.05) is 42.5 Å². The maximum atomic E-state index is 12.5. The van der Waals surface area contributed by atoms with E-state index in [9.17, 15) is 9.90 Å². The van der Waals surface area contributed by atoms with Crippen molar-refractivity contribution in [2.75, 3.05) is 19.6 Å². The molecule has 1 aromatic rings. The molecule has 5 nitrogen and oxygen atoms in total. The van der Waals surface area contributed by atoms with Gasteiger partial charge in [0, 0.05) is 12.1 Å². The van der Waals surface area contributed by atoms with Crippen LogP contribution in [0.1, 0.15) is 24.8 Å². The second-order valence-electron chi connectivity index (χ2n) is 5.69. The number of para-hydroxylation sites is 1. The number of carbonyl (C=O) groups excluding carboxylic acids is 1. The summed E-state index contributed by atoms with van der Waals surface area (Å²) < 4.78 is 0.476. The maximum absolute atomic E-state index is 12.5. The largest absolute Gasteiger partial charge is 0.507 e. The zero-order valence-corrected chi connectivity index (χ0v) is 14.4. The zero-order valence-electron chi connectivity index (χ0n) is 12.7. The van der Waals surface area contributed by atoms with E-state index in [0.29, 0.717) is 9.88 Å². The standard InChI is InChI=1S/C16H19N3O2S2/c20-13-7-3-2-6-12(13)10-17-19-15(21)14(23-16(19)22)11-18-8-4-1-5-9-18/h2-3,6-7,10,14,20H,1,4-5,8-9,11H2. The minimum Gasteiger partial charge on any atom is -0.507 e. The van der Waals surface area contributed by atoms with Gasteiger partial charge in [0.05, 0.1) is 6.21 Å². The van der Waals surface area contributed by atoms with Gasteiger partial charge >= 0.3 is 0 Å². The highest BCUT2D eigenvalue weighted by atomic mass is 32.2. The summed E-state index contributed by atoms with van der Waals surface area (Å²) >= 11 is 6.69. The fraction of sp³-hybridized carbons (Fsp3) is 0.438. The van der Waals surface area contributed by atoms with Crippen LogP contribution in [0.15, 0.2) is 29.4 Å². The molecule has 3 rings (SSSR count). The Morgan fingerprint density at radius 1 is 1.30 bits per heavy atom. The summed E-state index contributed by atoms with van der Waals surface area (Å²) in [4.78, 5) is 14.8. The molecule has 0 radical (unpaired) electrons. The smallest absolute Gasteiger partial charge is 0.263 e. The number of rotatable bonds is 4. The van der Waals surface area contributed by atoms with Crippen molar-refractivity contribution in [3.8, 4) is 5.75 Å². The van der Waals surface area contributed by atoms with Crippen LogP contribution in [-0.2, 0) is 4.79 Å². The molecular formula is C16H19N3O2S2. The van der Waals surface area contributed by atoms with Crippen molar-refractivity contribution in [3.63, 3.8) is 0 Å². The van der Waals surface area contributed by atoms with Gasteiger partial charge in [-0.2, -0.15) is 10.1 Å². The fourth-order valence-electron chi connectivity index (χ4n) is 2.76. The van der Waals surface area contributed by atoms with Crippen molar-refractivity contribution >= 4 is 40.4 Å². The van der Waals surface area contributed by atoms with E-state index < -0.39 is 0 Å². The molecule has 0 saturated carbocycles. The van der Waals surface area contributed by atoms with Gasteiger partial charge in [-0.3, -0.25) is 4.79 Å². The number of likely N-dealkylation sites (tertiary alicyclic amines) is 1. The van der Waals surface area contributed by atoms with Crippen LogP contribution in [0.4, 0.5) is 0 Å². The Bertz CT molecular complexity index is 630. The first-order valence-corrected chi connectivity index (χ1v) is 9.03. The molecular weight excluding hydrogens is 330 g/mol. The maximum Gasteiger partial charge on any atom is 0.263 e. The minimum atomic E-state index is -0.179. The van der Waals surface area contributed by atoms with Gasteiger partial charge in [-0.25, -0.2) is 0 Å². The van der Waals surface area contributed by atoms with E-state index in [0.717, 1.165) is 19.6 Å². The van der Waals surface area contributed by atoms with E-state index in [1.807, 2.05) is 0 Å². The Balaban J connectivity index is 1.65. The van der Waals surface area contributed by atoms with E-state index in [2.05, 4.69) is 10.0 Å². The lowest BCUT2D eigenvalue weighted by Gasteiger charge is -2.27. The summed E-state index contributed by atoms with van der Waals surface area (Å²) in [7, 11) is 0. The first-order valence-electron chi connectivity index (χ1n) is 7.74. The number of thiocarbonyl (C=S) groups is 1. The Kier molecular flexibility index (Phi) is 5.30. The van der Waals surface area contributed by atoms with Gasteiger partial charge in [0.2, 0.25) is 0 Å². The first-order chi connectivity index (χ1) is 11.1. The number of hydrogen-bond acceptors (Lipinski definition) is 6. The van der Waals surface area contributed by atoms with Crippen LogP contribution in [-0.4, -0.2) is 56.3 Å². The van der Waals surface area contributed by atoms with Crippen LogP contribution < -0.4 is 0 Å². The molecule has 1 amide bonds. The number of hydrogen-bond donors (Lipinski definition) is 1. The molecule has 1 aromatic carbocycles. The third-order valence-electron chi connectivity index (χ3n) is 4.02. The van der Waals surface area contributed by atoms with Gasteiger partial charge < -0.3 is 10.0 Å². The summed E-state index contributed by atoms with van der Waals surface area (Å²) in [5.41, 5.74) is 0.563. The number of phenols is 1. The molecule has 0 aliphatic carbocycles. The average molecular weight is 349 g/mol. The number of piperidine rings is 1. The summed E-state index contributed by atoms with van der Waals surface area (Å²) in [6, 6.07) is 6.86. The number of thioether (sulfide) groups is 1. The van der Waals surface area contributed by atoms with E-state index in [-0.39, 0.29) is 16.9 Å². The molecule has 2 saturated heterocycles. The van der Waals surface area contributed by atoms with Crippen molar-refractivity contribution in [3.05, 3.63) is 29.8 Å². The first kappa shape index (κ1) is 16.4. The average Bonchev–Trinajstić information content (AvgIpc) is 2.82. The summed E-state index contributed by atoms with van der Waals surface area (Å²) in [6.07, 6.45) is 5.15. The third kappa shape index (κ3) is 3.91. The van der Waals surface area contributed by atoms with Crippen molar-refractivity contribution in [1.29, 1.82) is 0 Å². The Morgan fingerprint density at radius 2 is 2.04 bits per heavy atom. The Labute approximate surface area is 145 Å². The highest BCUT2D eigenvalue weighted by Crippen LogP contribution is 2.29. The number of amides is 1. The molecule has 0 aromatic heterocycles. The van der Waals surface area contributed by atoms with Crippen LogP contribution in [0.3, 0.4) is 0 Å². The normalized spacial score (nSPS) is 23.1. The zero-order chi connectivity index (χ0) is 16.2. The van der Waals surface area contributed by atoms with Crippen LogP contribution in [0.2, 0.25) is 0 Å². The molecule has 0 bridgehead atoms. The van der Waals surface area contributed by atoms with E-state index in [4.69, 9.17) is 12.2 Å². The second kappa shape index (κ2) is 7.42. The van der Waals surface area contributed by atoms with Crippen molar-refractivity contribution in [1.82, 2.24) is 9.91 Å². The molecule has 0 spiro atoms. The van der Waals surface area contributed by atoms with Gasteiger partial charge in [-0.05, 0) is 38.1 Å². The Morgan fingerprint density at radius 3 is 2.78 bits per heavy atom. The molecule has 2 fully saturated rings. The van der Waals surface area contributed by atoms with Crippen LogP contribution in [0, 0.1) is 0 Å². The molecule has 1 N–H and O–H groups in total. The molecule has 122 valence electrons. The lowest BCUT2D eigenvalue weighted by molar-refractivity contribution is -0.126. The van der Waals surface area contributed by atoms with Crippen LogP contribution in [0.25, 0.3) is 0 Å². The minimum absolute atomic E-state index is 0.0720. The summed E-state index contributed by atoms with van der Waals surface area (Å²) in [5.74, 6) is 0.0589. The van der Waals surface area contributed by atoms with Gasteiger partial charge in [0.15, 0.2) is 4.32 Å². The highest BCUT2D eigenvalue weighted by molar-refractivity contribution is 8.24. The second-order valence-corrected chi connectivity index (χ2v) is 7.52. The molecule has 23 heavy (non-hydrogen) atoms. The number of phenolic OH excluding ortho intramolecular Hbond substituents is 1. The lowest BCUT2D eigenvalue weighted by atomic mass is 10.1. The monoisotopic (exact) mass is 349 g/mol. The number of aromatic hydroxyl groups is 1. The lowest BCUT2D eigenvalue weighted by Crippen LogP contribution is -2.39. The predicted octanol–water partition coefficient (Wildman–Crippen LogP) is 2.44. The van der Waals surface area contributed by atoms with Gasteiger partial charge in [-0.15, -0.1) is 0 Å². The topological polar surface area (TPSA) is 56.1 Å². The Hall–Kier alpha value is -1.44. The van der Waals surface area contributed by atoms with Crippen LogP contribution >= 0.6 is 24.0 Å². The van der Waals surface area contributed by atoms with Crippen molar-refractivity contribution in [2.24, 2.45) is 5.10 Å². The summed E-state index contributed by atoms with van der Waals surface area (Å²) in [5, 5.41) is 15.0. The quantitative estimate of drug-likeness (QED) is 0.668. The number of carbonyl (C=O) groups is 1. The SMILES string of the molecule is O=C1C(CN2CCCCC2)SC(=S)N1N=Cc1ccccc1O. The highest BCUT2D eigenvalue weighted by Gasteiger charge is 2.38. The van der Waals surface area contributed by atoms with E-state index >= 15 is 0 Å². The van der Waals surface area contributed by atoms with E-state index in [1.54, 1.807) is 24.3 Å². The molecule has 2 aliphatic rings. The van der Waals surface area contributed by atoms with Crippen LogP contribution in [0.5, 0.6) is 5.75 Å². The number of nitrogens with zero attached hydrogens (tertiary/aromatic N) is 3. The predicted molar refractivity (Wildman–Crippen MR) is 96.8 cm³/mol. The number of hydrazone groups is 1. The van der Waals surface area contributed by atoms with Crippen molar-refractivity contribution < 1.29 is 9.90 Å². The molecule has 1 atom stereocenters. The number of benzene rings is 1. The van der Waals surface area contributed by atoms with E-state index in [1.165, 1.54) is 42.2 Å². The molecule has 2 aliphatic heterocycles. The van der Waals surface area contributed by atoms with Gasteiger partial charge in [0.25, 0.3) is 5.91 Å². The molecule has 7 heteroatoms. The summed E-state index contributed by atoms with van der Waals surface area (Å²) in [6.45, 7) is 2.84. The van der Waals surface area contributed by atoms with Gasteiger partial charge in [0.1, 0.15) is 11.0 Å².